The van der Waals surface area contributed by atoms with E-state index in [9.17, 15) is 14.4 Å². The summed E-state index contributed by atoms with van der Waals surface area (Å²) in [5, 5.41) is 8.52. The van der Waals surface area contributed by atoms with Gasteiger partial charge >= 0.3 is 0 Å². The Morgan fingerprint density at radius 3 is 2.21 bits per heavy atom. The average Bonchev–Trinajstić information content (AvgIpc) is 2.78. The molecule has 0 fully saturated rings. The van der Waals surface area contributed by atoms with Gasteiger partial charge in [-0.25, -0.2) is 0 Å². The molecule has 6 nitrogen and oxygen atoms in total. The van der Waals surface area contributed by atoms with Crippen molar-refractivity contribution in [2.75, 3.05) is 10.6 Å². The Labute approximate surface area is 194 Å². The van der Waals surface area contributed by atoms with E-state index < -0.39 is 6.04 Å². The average molecular weight is 444 g/mol. The Kier molecular flexibility index (Phi) is 7.97. The predicted molar refractivity (Wildman–Crippen MR) is 131 cm³/mol. The number of benzene rings is 3. The standard InChI is InChI=1S/C27H29N3O3/c1-18(2)25(30-24(31)17-20-11-5-4-6-12-20)27(33)29-23-15-8-7-14-22(23)26(32)28-21-13-9-10-19(3)16-21/h4-16,18,25H,17H2,1-3H3,(H,28,32)(H,29,33)(H,30,31)/t25-/m1/s1. The van der Waals surface area contributed by atoms with Gasteiger partial charge in [0.25, 0.3) is 5.91 Å². The number of rotatable bonds is 8. The van der Waals surface area contributed by atoms with Crippen molar-refractivity contribution in [1.29, 1.82) is 0 Å². The molecule has 3 amide bonds. The van der Waals surface area contributed by atoms with Crippen LogP contribution in [-0.4, -0.2) is 23.8 Å². The van der Waals surface area contributed by atoms with Crippen molar-refractivity contribution in [2.45, 2.75) is 33.2 Å². The Bertz CT molecular complexity index is 1130. The summed E-state index contributed by atoms with van der Waals surface area (Å²) in [5.74, 6) is -1.08. The molecular formula is C27H29N3O3. The van der Waals surface area contributed by atoms with E-state index in [1.54, 1.807) is 24.3 Å². The van der Waals surface area contributed by atoms with Crippen LogP contribution >= 0.6 is 0 Å². The number of hydrogen-bond acceptors (Lipinski definition) is 3. The van der Waals surface area contributed by atoms with Gasteiger partial charge < -0.3 is 16.0 Å². The van der Waals surface area contributed by atoms with Crippen molar-refractivity contribution in [3.63, 3.8) is 0 Å². The molecule has 3 N–H and O–H groups in total. The first-order valence-electron chi connectivity index (χ1n) is 10.9. The van der Waals surface area contributed by atoms with E-state index in [0.29, 0.717) is 16.9 Å². The largest absolute Gasteiger partial charge is 0.344 e. The van der Waals surface area contributed by atoms with Crippen LogP contribution in [0, 0.1) is 12.8 Å². The van der Waals surface area contributed by atoms with Crippen LogP contribution in [0.25, 0.3) is 0 Å². The van der Waals surface area contributed by atoms with Crippen LogP contribution < -0.4 is 16.0 Å². The molecule has 0 unspecified atom stereocenters. The highest BCUT2D eigenvalue weighted by Crippen LogP contribution is 2.19. The van der Waals surface area contributed by atoms with Crippen molar-refractivity contribution in [3.8, 4) is 0 Å². The summed E-state index contributed by atoms with van der Waals surface area (Å²) in [6, 6.07) is 22.9. The maximum absolute atomic E-state index is 13.1. The SMILES string of the molecule is Cc1cccc(NC(=O)c2ccccc2NC(=O)[C@H](NC(=O)Cc2ccccc2)C(C)C)c1. The highest BCUT2D eigenvalue weighted by Gasteiger charge is 2.25. The summed E-state index contributed by atoms with van der Waals surface area (Å²) >= 11 is 0. The van der Waals surface area contributed by atoms with E-state index in [1.807, 2.05) is 75.4 Å². The molecule has 3 rings (SSSR count). The van der Waals surface area contributed by atoms with Gasteiger partial charge in [0.05, 0.1) is 17.7 Å². The second-order valence-electron chi connectivity index (χ2n) is 8.31. The Morgan fingerprint density at radius 1 is 0.818 bits per heavy atom. The lowest BCUT2D eigenvalue weighted by atomic mass is 10.0. The topological polar surface area (TPSA) is 87.3 Å². The van der Waals surface area contributed by atoms with Crippen LogP contribution in [0.1, 0.15) is 35.3 Å². The monoisotopic (exact) mass is 443 g/mol. The summed E-state index contributed by atoms with van der Waals surface area (Å²) in [6.45, 7) is 5.68. The van der Waals surface area contributed by atoms with Crippen molar-refractivity contribution < 1.29 is 14.4 Å². The maximum atomic E-state index is 13.1. The van der Waals surface area contributed by atoms with Gasteiger partial charge in [-0.3, -0.25) is 14.4 Å². The normalized spacial score (nSPS) is 11.5. The molecule has 170 valence electrons. The highest BCUT2D eigenvalue weighted by atomic mass is 16.2. The molecule has 0 radical (unpaired) electrons. The van der Waals surface area contributed by atoms with Gasteiger partial charge in [-0.15, -0.1) is 0 Å². The summed E-state index contributed by atoms with van der Waals surface area (Å²) in [4.78, 5) is 38.5. The predicted octanol–water partition coefficient (Wildman–Crippen LogP) is 4.57. The second kappa shape index (κ2) is 11.1. The minimum atomic E-state index is -0.742. The van der Waals surface area contributed by atoms with Gasteiger partial charge in [0.2, 0.25) is 11.8 Å². The van der Waals surface area contributed by atoms with Crippen molar-refractivity contribution in [1.82, 2.24) is 5.32 Å². The number of hydrogen-bond donors (Lipinski definition) is 3. The van der Waals surface area contributed by atoms with Crippen molar-refractivity contribution in [3.05, 3.63) is 95.6 Å². The first-order valence-corrected chi connectivity index (χ1v) is 10.9. The second-order valence-corrected chi connectivity index (χ2v) is 8.31. The number of para-hydroxylation sites is 1. The summed E-state index contributed by atoms with van der Waals surface area (Å²) in [7, 11) is 0. The molecule has 6 heteroatoms. The van der Waals surface area contributed by atoms with Crippen LogP contribution in [0.4, 0.5) is 11.4 Å². The van der Waals surface area contributed by atoms with Crippen LogP contribution in [0.3, 0.4) is 0 Å². The van der Waals surface area contributed by atoms with Crippen LogP contribution in [0.5, 0.6) is 0 Å². The Balaban J connectivity index is 1.71. The first-order chi connectivity index (χ1) is 15.8. The zero-order valence-electron chi connectivity index (χ0n) is 19.1. The van der Waals surface area contributed by atoms with Crippen LogP contribution in [0.15, 0.2) is 78.9 Å². The maximum Gasteiger partial charge on any atom is 0.257 e. The molecule has 0 aliphatic rings. The van der Waals surface area contributed by atoms with Crippen LogP contribution in [-0.2, 0) is 16.0 Å². The third kappa shape index (κ3) is 6.77. The number of nitrogens with one attached hydrogen (secondary N) is 3. The molecule has 0 saturated heterocycles. The molecular weight excluding hydrogens is 414 g/mol. The van der Waals surface area contributed by atoms with Gasteiger partial charge in [0, 0.05) is 5.69 Å². The van der Waals surface area contributed by atoms with Gasteiger partial charge in [-0.2, -0.15) is 0 Å². The van der Waals surface area contributed by atoms with E-state index in [1.165, 1.54) is 0 Å². The minimum absolute atomic E-state index is 0.141. The van der Waals surface area contributed by atoms with E-state index in [2.05, 4.69) is 16.0 Å². The highest BCUT2D eigenvalue weighted by molar-refractivity contribution is 6.10. The lowest BCUT2D eigenvalue weighted by Crippen LogP contribution is -2.47. The zero-order valence-corrected chi connectivity index (χ0v) is 19.1. The Morgan fingerprint density at radius 2 is 1.52 bits per heavy atom. The molecule has 1 atom stereocenters. The molecule has 0 aromatic heterocycles. The fourth-order valence-electron chi connectivity index (χ4n) is 3.46. The molecule has 0 heterocycles. The number of anilines is 2. The summed E-state index contributed by atoms with van der Waals surface area (Å²) in [6.07, 6.45) is 0.187. The van der Waals surface area contributed by atoms with Gasteiger partial charge in [0.1, 0.15) is 6.04 Å². The zero-order chi connectivity index (χ0) is 23.8. The van der Waals surface area contributed by atoms with Crippen molar-refractivity contribution >= 4 is 29.1 Å². The molecule has 0 bridgehead atoms. The third-order valence-corrected chi connectivity index (χ3v) is 5.18. The number of amides is 3. The van der Waals surface area contributed by atoms with Crippen molar-refractivity contribution in [2.24, 2.45) is 5.92 Å². The quantitative estimate of drug-likeness (QED) is 0.477. The summed E-state index contributed by atoms with van der Waals surface area (Å²) < 4.78 is 0. The molecule has 0 spiro atoms. The van der Waals surface area contributed by atoms with E-state index >= 15 is 0 Å². The fourth-order valence-corrected chi connectivity index (χ4v) is 3.46. The first kappa shape index (κ1) is 23.7. The number of carbonyl (C=O) groups is 3. The van der Waals surface area contributed by atoms with Gasteiger partial charge in [-0.05, 0) is 48.2 Å². The smallest absolute Gasteiger partial charge is 0.257 e. The number of carbonyl (C=O) groups excluding carboxylic acids is 3. The third-order valence-electron chi connectivity index (χ3n) is 5.18. The lowest BCUT2D eigenvalue weighted by molar-refractivity contribution is -0.127. The number of aryl methyl sites for hydroxylation is 1. The van der Waals surface area contributed by atoms with Crippen LogP contribution in [0.2, 0.25) is 0 Å². The minimum Gasteiger partial charge on any atom is -0.344 e. The van der Waals surface area contributed by atoms with Gasteiger partial charge in [-0.1, -0.05) is 68.4 Å². The fraction of sp³-hybridized carbons (Fsp3) is 0.222. The molecule has 3 aromatic carbocycles. The van der Waals surface area contributed by atoms with E-state index in [-0.39, 0.29) is 30.1 Å². The van der Waals surface area contributed by atoms with Gasteiger partial charge in [0.15, 0.2) is 0 Å². The van der Waals surface area contributed by atoms with E-state index in [0.717, 1.165) is 11.1 Å². The molecule has 0 aliphatic carbocycles. The Hall–Kier alpha value is -3.93. The van der Waals surface area contributed by atoms with E-state index in [4.69, 9.17) is 0 Å². The summed E-state index contributed by atoms with van der Waals surface area (Å²) in [5.41, 5.74) is 3.30. The lowest BCUT2D eigenvalue weighted by Gasteiger charge is -2.22. The molecule has 3 aromatic rings. The molecule has 0 aliphatic heterocycles. The molecule has 0 saturated carbocycles. The molecule has 33 heavy (non-hydrogen) atoms.